The van der Waals surface area contributed by atoms with Gasteiger partial charge in [-0.15, -0.1) is 0 Å². The van der Waals surface area contributed by atoms with Gasteiger partial charge in [-0.3, -0.25) is 0 Å². The van der Waals surface area contributed by atoms with Gasteiger partial charge in [0.1, 0.15) is 11.9 Å². The summed E-state index contributed by atoms with van der Waals surface area (Å²) >= 11 is 5.43. The molecule has 0 aliphatic heterocycles. The fourth-order valence-electron chi connectivity index (χ4n) is 0.780. The summed E-state index contributed by atoms with van der Waals surface area (Å²) in [6.45, 7) is 0. The predicted molar refractivity (Wildman–Crippen MR) is 44.0 cm³/mol. The van der Waals surface area contributed by atoms with Gasteiger partial charge in [-0.05, 0) is 17.7 Å². The molecule has 0 aromatic heterocycles. The van der Waals surface area contributed by atoms with Gasteiger partial charge < -0.3 is 5.73 Å². The largest absolute Gasteiger partial charge is 0.312 e. The lowest BCUT2D eigenvalue weighted by Gasteiger charge is -2.02. The Kier molecular flexibility index (Phi) is 2.64. The van der Waals surface area contributed by atoms with Gasteiger partial charge in [0, 0.05) is 0 Å². The van der Waals surface area contributed by atoms with Crippen LogP contribution in [0.3, 0.4) is 0 Å². The highest BCUT2D eigenvalue weighted by atomic mass is 35.5. The molecule has 62 valence electrons. The molecule has 0 saturated heterocycles. The second-order valence-corrected chi connectivity index (χ2v) is 2.69. The summed E-state index contributed by atoms with van der Waals surface area (Å²) in [7, 11) is 0. The molecule has 1 atom stereocenters. The molecule has 0 radical (unpaired) electrons. The predicted octanol–water partition coefficient (Wildman–Crippen LogP) is 2.00. The van der Waals surface area contributed by atoms with Crippen molar-refractivity contribution in [3.63, 3.8) is 0 Å². The van der Waals surface area contributed by atoms with E-state index in [-0.39, 0.29) is 5.02 Å². The highest BCUT2D eigenvalue weighted by Crippen LogP contribution is 2.18. The number of hydrogen-bond donors (Lipinski definition) is 1. The van der Waals surface area contributed by atoms with E-state index in [0.717, 1.165) is 6.07 Å². The monoisotopic (exact) mass is 184 g/mol. The minimum atomic E-state index is -0.795. The molecule has 0 aliphatic rings. The van der Waals surface area contributed by atoms with Crippen molar-refractivity contribution in [2.24, 2.45) is 5.73 Å². The van der Waals surface area contributed by atoms with Crippen LogP contribution < -0.4 is 5.73 Å². The highest BCUT2D eigenvalue weighted by molar-refractivity contribution is 6.30. The molecule has 12 heavy (non-hydrogen) atoms. The number of nitrogens with two attached hydrogens (primary N) is 1. The van der Waals surface area contributed by atoms with Crippen molar-refractivity contribution < 1.29 is 4.39 Å². The van der Waals surface area contributed by atoms with E-state index in [1.165, 1.54) is 12.1 Å². The lowest BCUT2D eigenvalue weighted by molar-refractivity contribution is 0.625. The maximum atomic E-state index is 12.8. The summed E-state index contributed by atoms with van der Waals surface area (Å²) in [6, 6.07) is 5.07. The highest BCUT2D eigenvalue weighted by Gasteiger charge is 2.06. The van der Waals surface area contributed by atoms with E-state index in [1.807, 2.05) is 0 Å². The smallest absolute Gasteiger partial charge is 0.142 e. The first-order valence-electron chi connectivity index (χ1n) is 3.25. The van der Waals surface area contributed by atoms with Crippen molar-refractivity contribution in [1.29, 1.82) is 5.26 Å². The standard InChI is InChI=1S/C8H6ClFN2/c9-6-2-1-5(3-7(6)10)8(12)4-11/h1-3,8H,12H2. The molecule has 2 N–H and O–H groups in total. The SMILES string of the molecule is N#CC(N)c1ccc(Cl)c(F)c1. The number of nitriles is 1. The Balaban J connectivity index is 3.06. The summed E-state index contributed by atoms with van der Waals surface area (Å²) in [4.78, 5) is 0. The van der Waals surface area contributed by atoms with E-state index in [2.05, 4.69) is 0 Å². The Morgan fingerprint density at radius 3 is 2.75 bits per heavy atom. The summed E-state index contributed by atoms with van der Waals surface area (Å²) in [5.74, 6) is -0.556. The van der Waals surface area contributed by atoms with Crippen LogP contribution >= 0.6 is 11.6 Å². The fraction of sp³-hybridized carbons (Fsp3) is 0.125. The molecule has 1 unspecified atom stereocenters. The van der Waals surface area contributed by atoms with Crippen LogP contribution in [0, 0.1) is 17.1 Å². The van der Waals surface area contributed by atoms with Gasteiger partial charge in [0.05, 0.1) is 11.1 Å². The maximum absolute atomic E-state index is 12.8. The molecule has 1 aromatic rings. The molecular weight excluding hydrogens is 179 g/mol. The van der Waals surface area contributed by atoms with Crippen LogP contribution in [0.4, 0.5) is 4.39 Å². The van der Waals surface area contributed by atoms with Crippen LogP contribution in [0.2, 0.25) is 5.02 Å². The summed E-state index contributed by atoms with van der Waals surface area (Å²) < 4.78 is 12.8. The fourth-order valence-corrected chi connectivity index (χ4v) is 0.898. The molecule has 0 bridgehead atoms. The van der Waals surface area contributed by atoms with Crippen molar-refractivity contribution in [3.05, 3.63) is 34.6 Å². The van der Waals surface area contributed by atoms with E-state index >= 15 is 0 Å². The van der Waals surface area contributed by atoms with Gasteiger partial charge in [0.15, 0.2) is 0 Å². The third kappa shape index (κ3) is 1.73. The number of rotatable bonds is 1. The Morgan fingerprint density at radius 2 is 2.25 bits per heavy atom. The Labute approximate surface area is 74.4 Å². The Bertz CT molecular complexity index is 332. The van der Waals surface area contributed by atoms with Crippen molar-refractivity contribution >= 4 is 11.6 Å². The number of benzene rings is 1. The Morgan fingerprint density at radius 1 is 1.58 bits per heavy atom. The third-order valence-electron chi connectivity index (χ3n) is 1.44. The minimum absolute atomic E-state index is 0.0314. The molecule has 0 fully saturated rings. The van der Waals surface area contributed by atoms with E-state index in [9.17, 15) is 4.39 Å². The van der Waals surface area contributed by atoms with Crippen LogP contribution in [0.25, 0.3) is 0 Å². The Hall–Kier alpha value is -1.11. The molecular formula is C8H6ClFN2. The topological polar surface area (TPSA) is 49.8 Å². The zero-order valence-corrected chi connectivity index (χ0v) is 6.85. The van der Waals surface area contributed by atoms with E-state index < -0.39 is 11.9 Å². The normalized spacial score (nSPS) is 12.2. The first kappa shape index (κ1) is 8.98. The maximum Gasteiger partial charge on any atom is 0.142 e. The van der Waals surface area contributed by atoms with Crippen molar-refractivity contribution in [2.75, 3.05) is 0 Å². The molecule has 0 aliphatic carbocycles. The first-order valence-corrected chi connectivity index (χ1v) is 3.63. The van der Waals surface area contributed by atoms with Gasteiger partial charge in [-0.25, -0.2) is 4.39 Å². The summed E-state index contributed by atoms with van der Waals surface area (Å²) in [5.41, 5.74) is 5.77. The molecule has 1 rings (SSSR count). The third-order valence-corrected chi connectivity index (χ3v) is 1.75. The minimum Gasteiger partial charge on any atom is -0.312 e. The molecule has 4 heteroatoms. The van der Waals surface area contributed by atoms with Crippen LogP contribution in [0.5, 0.6) is 0 Å². The average molecular weight is 185 g/mol. The molecule has 0 saturated carbocycles. The average Bonchev–Trinajstić information content (AvgIpc) is 2.08. The molecule has 0 amide bonds. The van der Waals surface area contributed by atoms with Crippen LogP contribution in [0.1, 0.15) is 11.6 Å². The van der Waals surface area contributed by atoms with Crippen LogP contribution in [-0.4, -0.2) is 0 Å². The van der Waals surface area contributed by atoms with Crippen molar-refractivity contribution in [3.8, 4) is 6.07 Å². The zero-order chi connectivity index (χ0) is 9.14. The number of hydrogen-bond acceptors (Lipinski definition) is 2. The van der Waals surface area contributed by atoms with E-state index in [1.54, 1.807) is 6.07 Å². The van der Waals surface area contributed by atoms with Crippen LogP contribution in [0.15, 0.2) is 18.2 Å². The summed E-state index contributed by atoms with van der Waals surface area (Å²) in [6.07, 6.45) is 0. The van der Waals surface area contributed by atoms with Crippen LogP contribution in [-0.2, 0) is 0 Å². The van der Waals surface area contributed by atoms with E-state index in [4.69, 9.17) is 22.6 Å². The van der Waals surface area contributed by atoms with Crippen molar-refractivity contribution in [2.45, 2.75) is 6.04 Å². The number of nitrogens with zero attached hydrogens (tertiary/aromatic N) is 1. The van der Waals surface area contributed by atoms with Gasteiger partial charge in [-0.2, -0.15) is 5.26 Å². The second kappa shape index (κ2) is 3.53. The molecule has 1 aromatic carbocycles. The lowest BCUT2D eigenvalue weighted by atomic mass is 10.1. The summed E-state index contributed by atoms with van der Waals surface area (Å²) in [5, 5.41) is 8.45. The van der Waals surface area contributed by atoms with Gasteiger partial charge in [-0.1, -0.05) is 17.7 Å². The molecule has 0 heterocycles. The zero-order valence-electron chi connectivity index (χ0n) is 6.09. The lowest BCUT2D eigenvalue weighted by Crippen LogP contribution is -2.07. The van der Waals surface area contributed by atoms with Gasteiger partial charge in [0.2, 0.25) is 0 Å². The quantitative estimate of drug-likeness (QED) is 0.726. The second-order valence-electron chi connectivity index (χ2n) is 2.28. The van der Waals surface area contributed by atoms with Gasteiger partial charge in [0.25, 0.3) is 0 Å². The van der Waals surface area contributed by atoms with E-state index in [0.29, 0.717) is 5.56 Å². The van der Waals surface area contributed by atoms with Gasteiger partial charge >= 0.3 is 0 Å². The first-order chi connectivity index (χ1) is 5.65. The van der Waals surface area contributed by atoms with Crippen molar-refractivity contribution in [1.82, 2.24) is 0 Å². The molecule has 0 spiro atoms. The molecule has 2 nitrogen and oxygen atoms in total. The number of halogens is 2.